The number of carbonyl (C=O) groups excluding carboxylic acids is 1. The van der Waals surface area contributed by atoms with E-state index >= 15 is 0 Å². The SMILES string of the molecule is CCOC(=O)c1coc(CN)n1. The molecule has 0 aliphatic heterocycles. The lowest BCUT2D eigenvalue weighted by Crippen LogP contribution is -2.05. The van der Waals surface area contributed by atoms with Crippen molar-refractivity contribution in [1.82, 2.24) is 4.98 Å². The van der Waals surface area contributed by atoms with Crippen LogP contribution < -0.4 is 5.73 Å². The van der Waals surface area contributed by atoms with Gasteiger partial charge in [0.05, 0.1) is 13.2 Å². The zero-order valence-corrected chi connectivity index (χ0v) is 6.74. The molecule has 0 atom stereocenters. The first-order chi connectivity index (χ1) is 5.77. The number of esters is 1. The Bertz CT molecular complexity index is 269. The molecule has 5 nitrogen and oxygen atoms in total. The van der Waals surface area contributed by atoms with Gasteiger partial charge in [0.2, 0.25) is 5.89 Å². The molecular weight excluding hydrogens is 160 g/mol. The average Bonchev–Trinajstić information content (AvgIpc) is 2.52. The Morgan fingerprint density at radius 1 is 1.83 bits per heavy atom. The maximum atomic E-state index is 11.0. The van der Waals surface area contributed by atoms with Crippen LogP contribution in [0.1, 0.15) is 23.3 Å². The number of nitrogens with two attached hydrogens (primary N) is 1. The lowest BCUT2D eigenvalue weighted by molar-refractivity contribution is 0.0519. The van der Waals surface area contributed by atoms with Crippen molar-refractivity contribution in [2.75, 3.05) is 6.61 Å². The minimum absolute atomic E-state index is 0.164. The molecule has 0 saturated carbocycles. The van der Waals surface area contributed by atoms with Crippen molar-refractivity contribution in [1.29, 1.82) is 0 Å². The highest BCUT2D eigenvalue weighted by atomic mass is 16.5. The van der Waals surface area contributed by atoms with E-state index in [0.717, 1.165) is 0 Å². The standard InChI is InChI=1S/C7H10N2O3/c1-2-11-7(10)5-4-12-6(3-8)9-5/h4H,2-3,8H2,1H3. The summed E-state index contributed by atoms with van der Waals surface area (Å²) in [5.74, 6) is -0.154. The fourth-order valence-electron chi connectivity index (χ4n) is 0.703. The van der Waals surface area contributed by atoms with E-state index in [0.29, 0.717) is 12.5 Å². The van der Waals surface area contributed by atoms with Crippen LogP contribution in [0.4, 0.5) is 0 Å². The number of carbonyl (C=O) groups is 1. The third-order valence-corrected chi connectivity index (χ3v) is 1.21. The Kier molecular flexibility index (Phi) is 2.82. The molecule has 0 bridgehead atoms. The van der Waals surface area contributed by atoms with Crippen LogP contribution in [-0.4, -0.2) is 17.6 Å². The molecule has 0 saturated heterocycles. The van der Waals surface area contributed by atoms with Crippen molar-refractivity contribution in [2.45, 2.75) is 13.5 Å². The summed E-state index contributed by atoms with van der Waals surface area (Å²) in [6.45, 7) is 2.23. The summed E-state index contributed by atoms with van der Waals surface area (Å²) in [6.07, 6.45) is 1.24. The van der Waals surface area contributed by atoms with Crippen LogP contribution in [0.2, 0.25) is 0 Å². The summed E-state index contributed by atoms with van der Waals surface area (Å²) < 4.78 is 9.53. The molecule has 0 aliphatic carbocycles. The highest BCUT2D eigenvalue weighted by Crippen LogP contribution is 2.02. The summed E-state index contributed by atoms with van der Waals surface area (Å²) in [4.78, 5) is 14.8. The van der Waals surface area contributed by atoms with Gasteiger partial charge >= 0.3 is 5.97 Å². The third-order valence-electron chi connectivity index (χ3n) is 1.21. The van der Waals surface area contributed by atoms with Gasteiger partial charge in [0.25, 0.3) is 0 Å². The molecule has 0 radical (unpaired) electrons. The van der Waals surface area contributed by atoms with Crippen LogP contribution in [0.25, 0.3) is 0 Å². The zero-order valence-electron chi connectivity index (χ0n) is 6.74. The van der Waals surface area contributed by atoms with E-state index in [4.69, 9.17) is 10.2 Å². The average molecular weight is 170 g/mol. The molecule has 0 aromatic carbocycles. The van der Waals surface area contributed by atoms with Gasteiger partial charge in [-0.15, -0.1) is 0 Å². The Hall–Kier alpha value is -1.36. The van der Waals surface area contributed by atoms with E-state index in [9.17, 15) is 4.79 Å². The molecule has 66 valence electrons. The first-order valence-electron chi connectivity index (χ1n) is 3.59. The lowest BCUT2D eigenvalue weighted by Gasteiger charge is -1.94. The number of nitrogens with zero attached hydrogens (tertiary/aromatic N) is 1. The van der Waals surface area contributed by atoms with E-state index in [-0.39, 0.29) is 12.2 Å². The fourth-order valence-corrected chi connectivity index (χ4v) is 0.703. The normalized spacial score (nSPS) is 9.83. The number of hydrogen-bond acceptors (Lipinski definition) is 5. The van der Waals surface area contributed by atoms with Gasteiger partial charge in [-0.05, 0) is 6.92 Å². The van der Waals surface area contributed by atoms with E-state index in [1.165, 1.54) is 6.26 Å². The summed E-state index contributed by atoms with van der Waals surface area (Å²) in [5.41, 5.74) is 5.39. The first-order valence-corrected chi connectivity index (χ1v) is 3.59. The largest absolute Gasteiger partial charge is 0.461 e. The molecule has 0 fully saturated rings. The highest BCUT2D eigenvalue weighted by molar-refractivity contribution is 5.86. The van der Waals surface area contributed by atoms with Gasteiger partial charge in [0.15, 0.2) is 5.69 Å². The fraction of sp³-hybridized carbons (Fsp3) is 0.429. The Morgan fingerprint density at radius 2 is 2.58 bits per heavy atom. The van der Waals surface area contributed by atoms with E-state index in [1.807, 2.05) is 0 Å². The maximum Gasteiger partial charge on any atom is 0.360 e. The first kappa shape index (κ1) is 8.73. The molecule has 0 amide bonds. The van der Waals surface area contributed by atoms with Gasteiger partial charge < -0.3 is 14.9 Å². The van der Waals surface area contributed by atoms with Crippen LogP contribution in [0.3, 0.4) is 0 Å². The van der Waals surface area contributed by atoms with Crippen LogP contribution in [0.5, 0.6) is 0 Å². The van der Waals surface area contributed by atoms with Crippen LogP contribution in [-0.2, 0) is 11.3 Å². The molecule has 2 N–H and O–H groups in total. The molecule has 0 spiro atoms. The van der Waals surface area contributed by atoms with Gasteiger partial charge in [0, 0.05) is 0 Å². The summed E-state index contributed by atoms with van der Waals surface area (Å²) >= 11 is 0. The van der Waals surface area contributed by atoms with Gasteiger partial charge in [-0.1, -0.05) is 0 Å². The summed E-state index contributed by atoms with van der Waals surface area (Å²) in [7, 11) is 0. The second-order valence-corrected chi connectivity index (χ2v) is 2.05. The van der Waals surface area contributed by atoms with Gasteiger partial charge in [-0.2, -0.15) is 0 Å². The number of oxazole rings is 1. The van der Waals surface area contributed by atoms with Crippen LogP contribution in [0, 0.1) is 0 Å². The Balaban J connectivity index is 2.68. The maximum absolute atomic E-state index is 11.0. The second-order valence-electron chi connectivity index (χ2n) is 2.05. The zero-order chi connectivity index (χ0) is 8.97. The third kappa shape index (κ3) is 1.82. The molecule has 0 unspecified atom stereocenters. The van der Waals surface area contributed by atoms with Gasteiger partial charge in [-0.3, -0.25) is 0 Å². The van der Waals surface area contributed by atoms with Crippen LogP contribution in [0.15, 0.2) is 10.7 Å². The topological polar surface area (TPSA) is 78.3 Å². The Labute approximate surface area is 69.5 Å². The van der Waals surface area contributed by atoms with Crippen molar-refractivity contribution in [3.63, 3.8) is 0 Å². The molecule has 1 aromatic heterocycles. The number of aromatic nitrogens is 1. The second kappa shape index (κ2) is 3.87. The van der Waals surface area contributed by atoms with Crippen molar-refractivity contribution < 1.29 is 13.9 Å². The predicted molar refractivity (Wildman–Crippen MR) is 40.4 cm³/mol. The molecular formula is C7H10N2O3. The number of hydrogen-bond donors (Lipinski definition) is 1. The van der Waals surface area contributed by atoms with E-state index < -0.39 is 5.97 Å². The smallest absolute Gasteiger partial charge is 0.360 e. The van der Waals surface area contributed by atoms with Crippen LogP contribution >= 0.6 is 0 Å². The minimum atomic E-state index is -0.485. The molecule has 12 heavy (non-hydrogen) atoms. The number of ether oxygens (including phenoxy) is 1. The summed E-state index contributed by atoms with van der Waals surface area (Å²) in [6, 6.07) is 0. The highest BCUT2D eigenvalue weighted by Gasteiger charge is 2.11. The Morgan fingerprint density at radius 3 is 3.08 bits per heavy atom. The van der Waals surface area contributed by atoms with E-state index in [1.54, 1.807) is 6.92 Å². The van der Waals surface area contributed by atoms with E-state index in [2.05, 4.69) is 9.72 Å². The molecule has 1 aromatic rings. The van der Waals surface area contributed by atoms with Gasteiger partial charge in [-0.25, -0.2) is 9.78 Å². The van der Waals surface area contributed by atoms with Crippen molar-refractivity contribution in [3.05, 3.63) is 17.8 Å². The van der Waals surface area contributed by atoms with Crippen molar-refractivity contribution in [2.24, 2.45) is 5.73 Å². The molecule has 1 heterocycles. The molecule has 5 heteroatoms. The van der Waals surface area contributed by atoms with Crippen molar-refractivity contribution in [3.8, 4) is 0 Å². The molecule has 1 rings (SSSR count). The minimum Gasteiger partial charge on any atom is -0.461 e. The lowest BCUT2D eigenvalue weighted by atomic mass is 10.5. The monoisotopic (exact) mass is 170 g/mol. The van der Waals surface area contributed by atoms with Gasteiger partial charge in [0.1, 0.15) is 6.26 Å². The number of rotatable bonds is 3. The quantitative estimate of drug-likeness (QED) is 0.660. The molecule has 0 aliphatic rings. The summed E-state index contributed by atoms with van der Waals surface area (Å²) in [5, 5.41) is 0. The van der Waals surface area contributed by atoms with Crippen molar-refractivity contribution >= 4 is 5.97 Å². The predicted octanol–water partition coefficient (Wildman–Crippen LogP) is 0.310.